The van der Waals surface area contributed by atoms with Crippen molar-refractivity contribution < 1.29 is 74.0 Å². The van der Waals surface area contributed by atoms with Crippen molar-refractivity contribution in [3.8, 4) is 23.0 Å². The molecule has 4 amide bonds. The first-order valence-electron chi connectivity index (χ1n) is 24.9. The Morgan fingerprint density at radius 3 is 1.82 bits per heavy atom. The van der Waals surface area contributed by atoms with E-state index in [-0.39, 0.29) is 16.7 Å². The summed E-state index contributed by atoms with van der Waals surface area (Å²) < 4.78 is 129. The van der Waals surface area contributed by atoms with Crippen LogP contribution in [0.2, 0.25) is 0 Å². The van der Waals surface area contributed by atoms with Crippen LogP contribution < -0.4 is 26.3 Å². The molecule has 2 bridgehead atoms. The number of piperazine rings is 1. The van der Waals surface area contributed by atoms with E-state index in [0.29, 0.717) is 73.7 Å². The number of alkyl carbamates (subject to hydrolysis) is 1. The van der Waals surface area contributed by atoms with Crippen molar-refractivity contribution in [3.05, 3.63) is 101 Å². The van der Waals surface area contributed by atoms with E-state index in [2.05, 4.69) is 51.6 Å². The van der Waals surface area contributed by atoms with Gasteiger partial charge in [0.2, 0.25) is 11.9 Å². The highest BCUT2D eigenvalue weighted by atomic mass is 19.4. The maximum absolute atomic E-state index is 16.0. The molecule has 27 heteroatoms. The number of hydrogen-bond acceptors (Lipinski definition) is 14. The number of aromatic nitrogens is 4. The number of benzene rings is 2. The second kappa shape index (κ2) is 24.0. The molecule has 3 fully saturated rings. The van der Waals surface area contributed by atoms with Crippen molar-refractivity contribution in [2.24, 2.45) is 10.8 Å². The van der Waals surface area contributed by atoms with Gasteiger partial charge in [-0.2, -0.15) is 26.3 Å². The molecule has 3 aliphatic rings. The Bertz CT molecular complexity index is 2860. The topological polar surface area (TPSA) is 237 Å². The van der Waals surface area contributed by atoms with Crippen LogP contribution in [0, 0.1) is 41.2 Å². The number of alkyl halides is 6. The molecule has 0 radical (unpaired) electrons. The highest BCUT2D eigenvalue weighted by Gasteiger charge is 2.57. The van der Waals surface area contributed by atoms with Crippen LogP contribution in [0.15, 0.2) is 61.2 Å². The third-order valence-corrected chi connectivity index (χ3v) is 14.5. The van der Waals surface area contributed by atoms with E-state index in [1.807, 2.05) is 10.7 Å². The number of rotatable bonds is 18. The van der Waals surface area contributed by atoms with Crippen LogP contribution in [0.4, 0.5) is 50.7 Å². The van der Waals surface area contributed by atoms with E-state index in [0.717, 1.165) is 58.4 Å². The number of hydrogen-bond donors (Lipinski definition) is 6. The molecule has 3 aliphatic heterocycles. The summed E-state index contributed by atoms with van der Waals surface area (Å²) in [6.45, 7) is 4.69. The molecule has 2 aromatic carbocycles. The number of hydrazine groups is 1. The highest BCUT2D eigenvalue weighted by Crippen LogP contribution is 2.42. The summed E-state index contributed by atoms with van der Waals surface area (Å²) in [6, 6.07) is 2.18. The zero-order chi connectivity index (χ0) is 57.8. The Kier molecular flexibility index (Phi) is 18.0. The minimum absolute atomic E-state index is 0.0571. The number of carbonyl (C=O) groups excluding carboxylic acids is 3. The van der Waals surface area contributed by atoms with Gasteiger partial charge in [-0.3, -0.25) is 19.9 Å². The summed E-state index contributed by atoms with van der Waals surface area (Å²) in [5, 5.41) is 27.8. The fourth-order valence-electron chi connectivity index (χ4n) is 9.46. The van der Waals surface area contributed by atoms with Gasteiger partial charge in [-0.05, 0) is 89.3 Å². The third-order valence-electron chi connectivity index (χ3n) is 14.5. The Hall–Kier alpha value is -7.28. The van der Waals surface area contributed by atoms with Gasteiger partial charge >= 0.3 is 24.5 Å². The Morgan fingerprint density at radius 2 is 1.32 bits per heavy atom. The second-order valence-electron chi connectivity index (χ2n) is 20.7. The number of methoxy groups -OCH3 is 1. The number of nitrogens with one attached hydrogen (secondary N) is 4. The maximum atomic E-state index is 16.0. The molecule has 79 heavy (non-hydrogen) atoms. The number of nitrogens with zero attached hydrogens (tertiary/aromatic N) is 7. The van der Waals surface area contributed by atoms with E-state index in [1.54, 1.807) is 31.5 Å². The average Bonchev–Trinajstić information content (AvgIpc) is 3.87. The van der Waals surface area contributed by atoms with Crippen molar-refractivity contribution in [3.63, 3.8) is 0 Å². The van der Waals surface area contributed by atoms with Gasteiger partial charge in [0.05, 0.1) is 54.9 Å². The monoisotopic (exact) mass is 1120 g/mol. The molecule has 6 atom stereocenters. The van der Waals surface area contributed by atoms with Crippen molar-refractivity contribution >= 4 is 29.9 Å². The van der Waals surface area contributed by atoms with E-state index in [4.69, 9.17) is 4.74 Å². The van der Waals surface area contributed by atoms with Gasteiger partial charge in [0, 0.05) is 79.7 Å². The summed E-state index contributed by atoms with van der Waals surface area (Å²) in [5.41, 5.74) is -3.64. The lowest BCUT2D eigenvalue weighted by atomic mass is 9.82. The number of fused-ring (bicyclic) bond motifs is 2. The second-order valence-corrected chi connectivity index (χ2v) is 20.7. The lowest BCUT2D eigenvalue weighted by molar-refractivity contribution is -0.221. The smallest absolute Gasteiger partial charge is 0.407 e. The highest BCUT2D eigenvalue weighted by molar-refractivity contribution is 5.87. The average molecular weight is 1120 g/mol. The largest absolute Gasteiger partial charge is 0.465 e. The number of aliphatic hydroxyl groups is 1. The Labute approximate surface area is 448 Å². The minimum Gasteiger partial charge on any atom is -0.465 e. The number of anilines is 1. The Morgan fingerprint density at radius 1 is 0.772 bits per heavy atom. The number of amides is 4. The predicted octanol–water partition coefficient (Wildman–Crippen LogP) is 5.43. The maximum Gasteiger partial charge on any atom is 0.407 e. The molecule has 0 aliphatic carbocycles. The van der Waals surface area contributed by atoms with Gasteiger partial charge in [0.1, 0.15) is 29.5 Å². The first kappa shape index (κ1) is 59.4. The van der Waals surface area contributed by atoms with Gasteiger partial charge in [0.15, 0.2) is 0 Å². The molecule has 0 spiro atoms. The van der Waals surface area contributed by atoms with Crippen molar-refractivity contribution in [1.29, 1.82) is 0 Å². The van der Waals surface area contributed by atoms with Gasteiger partial charge in [-0.25, -0.2) is 43.3 Å². The normalized spacial score (nSPS) is 18.6. The van der Waals surface area contributed by atoms with Crippen molar-refractivity contribution in [2.45, 2.75) is 115 Å². The van der Waals surface area contributed by atoms with Crippen LogP contribution in [0.3, 0.4) is 0 Å². The number of aryl methyl sites for hydroxylation is 1. The summed E-state index contributed by atoms with van der Waals surface area (Å²) >= 11 is 0. The summed E-state index contributed by atoms with van der Waals surface area (Å²) in [5.74, 6) is 1.09. The Balaban J connectivity index is 1.17. The van der Waals surface area contributed by atoms with Crippen LogP contribution in [-0.2, 0) is 32.0 Å². The quantitative estimate of drug-likeness (QED) is 0.0414. The molecule has 6 N–H and O–H groups in total. The molecular formula is C52H59F8N11O8. The SMILES string of the molecule is COC(=O)N[C@H](C(=O)N[C@@H](Cc1ccc(C#Cc2cnc(N3CC4CCC(C3)N4C3COC3)nc2)cc1)[C@@H](O)CN(Cc1c(F)cc(-c2cnc(C)nc2)cc1F)NC(=O)[C@@H](NC(=O)O)C(C)(C)C(F)(F)F)C(C)(C)C(F)(F)F. The van der Waals surface area contributed by atoms with Crippen LogP contribution in [0.25, 0.3) is 11.1 Å². The fraction of sp³-hybridized carbons (Fsp3) is 0.500. The van der Waals surface area contributed by atoms with Gasteiger partial charge in [-0.1, -0.05) is 24.0 Å². The molecule has 4 aromatic rings. The van der Waals surface area contributed by atoms with Gasteiger partial charge in [0.25, 0.3) is 5.91 Å². The van der Waals surface area contributed by atoms with Crippen LogP contribution >= 0.6 is 0 Å². The fourth-order valence-corrected chi connectivity index (χ4v) is 9.46. The van der Waals surface area contributed by atoms with Gasteiger partial charge in [-0.15, -0.1) is 0 Å². The van der Waals surface area contributed by atoms with Crippen LogP contribution in [0.1, 0.15) is 68.6 Å². The molecule has 426 valence electrons. The number of halogens is 8. The first-order chi connectivity index (χ1) is 37.1. The standard InChI is InChI=1S/C52H59F8N11O8/c1-28-61-20-33(21-62-28)32-16-38(53)37(39(54)17-32)24-70(68-45(74)43(66-47(75)76)50(4,5)52(58,59)60)25-41(72)40(65-44(73)42(67-48(77)78-6)49(2,3)51(55,56)57)15-30-10-7-29(8-11-30)9-12-31-18-63-46(64-19-31)69-22-34-13-14-35(23-69)71(34)36-26-79-27-36/h7-8,10-11,16-21,34-36,40-43,66,72H,13-15,22-27H2,1-6H3,(H,65,73)(H,67,77)(H,68,74)(H,75,76)/t34?,35?,40-,41-,42+,43+/m0/s1. The van der Waals surface area contributed by atoms with E-state index < -0.39 is 108 Å². The minimum atomic E-state index is -5.24. The molecule has 0 saturated carbocycles. The lowest BCUT2D eigenvalue weighted by Crippen LogP contribution is -2.63. The van der Waals surface area contributed by atoms with Crippen molar-refractivity contribution in [1.82, 2.24) is 51.2 Å². The number of carboxylic acid groups (broad SMARTS) is 1. The molecule has 7 rings (SSSR count). The van der Waals surface area contributed by atoms with E-state index >= 15 is 8.78 Å². The number of aliphatic hydroxyl groups excluding tert-OH is 1. The number of ether oxygens (including phenoxy) is 2. The lowest BCUT2D eigenvalue weighted by Gasteiger charge is -2.47. The molecular weight excluding hydrogens is 1060 g/mol. The predicted molar refractivity (Wildman–Crippen MR) is 266 cm³/mol. The molecule has 5 heterocycles. The van der Waals surface area contributed by atoms with Crippen molar-refractivity contribution in [2.75, 3.05) is 44.9 Å². The van der Waals surface area contributed by atoms with Crippen LogP contribution in [0.5, 0.6) is 0 Å². The first-order valence-corrected chi connectivity index (χ1v) is 24.9. The molecule has 3 saturated heterocycles. The molecule has 2 unspecified atom stereocenters. The molecule has 2 aromatic heterocycles. The zero-order valence-corrected chi connectivity index (χ0v) is 43.7. The molecule has 19 nitrogen and oxygen atoms in total. The number of carbonyl (C=O) groups is 4. The summed E-state index contributed by atoms with van der Waals surface area (Å²) in [4.78, 5) is 74.0. The summed E-state index contributed by atoms with van der Waals surface area (Å²) in [6.07, 6.45) is -8.57. The third kappa shape index (κ3) is 14.0. The van der Waals surface area contributed by atoms with Gasteiger partial charge < -0.3 is 40.5 Å². The summed E-state index contributed by atoms with van der Waals surface area (Å²) in [7, 11) is 0.832. The van der Waals surface area contributed by atoms with Crippen LogP contribution in [-0.4, -0.2) is 159 Å². The van der Waals surface area contributed by atoms with E-state index in [1.165, 1.54) is 29.8 Å². The van der Waals surface area contributed by atoms with E-state index in [9.17, 15) is 55.7 Å². The zero-order valence-electron chi connectivity index (χ0n) is 43.7.